The molecule has 2 atom stereocenters. The molecule has 6 heteroatoms. The molecule has 1 aromatic rings. The Balaban J connectivity index is 2.09. The maximum atomic E-state index is 13.9. The first kappa shape index (κ1) is 12.1. The van der Waals surface area contributed by atoms with Gasteiger partial charge in [0.15, 0.2) is 0 Å². The van der Waals surface area contributed by atoms with E-state index in [1.54, 1.807) is 6.07 Å². The zero-order chi connectivity index (χ0) is 13.6. The lowest BCUT2D eigenvalue weighted by atomic mass is 10.2. The number of pyridine rings is 1. The average molecular weight is 262 g/mol. The van der Waals surface area contributed by atoms with Gasteiger partial charge in [-0.25, -0.2) is 4.39 Å². The van der Waals surface area contributed by atoms with Gasteiger partial charge in [-0.1, -0.05) is 6.58 Å². The zero-order valence-corrected chi connectivity index (χ0v) is 10.4. The number of nitrogens with two attached hydrogens (primary N) is 1. The minimum atomic E-state index is -1.70. The van der Waals surface area contributed by atoms with Gasteiger partial charge in [-0.2, -0.15) is 0 Å². The van der Waals surface area contributed by atoms with E-state index in [2.05, 4.69) is 16.5 Å². The number of fused-ring (bicyclic) bond motifs is 1. The standard InChI is InChI=1S/C13H15FN4O/c1-2-18-12-9(17-6-4-8(15)7-17)3-5-16-11(12)10(14)13(18)19/h2-3,5,8,10H,1,4,6-7,15H2. The lowest BCUT2D eigenvalue weighted by molar-refractivity contribution is -0.122. The van der Waals surface area contributed by atoms with E-state index in [-0.39, 0.29) is 11.7 Å². The Morgan fingerprint density at radius 1 is 1.58 bits per heavy atom. The van der Waals surface area contributed by atoms with Crippen LogP contribution in [0.2, 0.25) is 0 Å². The summed E-state index contributed by atoms with van der Waals surface area (Å²) in [6.45, 7) is 5.08. The molecule has 2 aliphatic heterocycles. The van der Waals surface area contributed by atoms with E-state index in [9.17, 15) is 9.18 Å². The Kier molecular flexibility index (Phi) is 2.74. The van der Waals surface area contributed by atoms with Crippen molar-refractivity contribution >= 4 is 17.3 Å². The molecule has 0 bridgehead atoms. The van der Waals surface area contributed by atoms with Gasteiger partial charge in [-0.3, -0.25) is 14.7 Å². The molecule has 0 saturated carbocycles. The Morgan fingerprint density at radius 3 is 3.00 bits per heavy atom. The first-order chi connectivity index (χ1) is 9.13. The number of alkyl halides is 1. The van der Waals surface area contributed by atoms with Gasteiger partial charge >= 0.3 is 0 Å². The monoisotopic (exact) mass is 262 g/mol. The summed E-state index contributed by atoms with van der Waals surface area (Å²) in [4.78, 5) is 19.1. The molecular weight excluding hydrogens is 247 g/mol. The van der Waals surface area contributed by atoms with Crippen LogP contribution in [-0.4, -0.2) is 30.0 Å². The highest BCUT2D eigenvalue weighted by Crippen LogP contribution is 2.43. The maximum absolute atomic E-state index is 13.9. The molecular formula is C13H15FN4O. The molecule has 0 spiro atoms. The third kappa shape index (κ3) is 1.71. The Morgan fingerprint density at radius 2 is 2.37 bits per heavy atom. The number of nitrogens with zero attached hydrogens (tertiary/aromatic N) is 3. The second kappa shape index (κ2) is 4.31. The van der Waals surface area contributed by atoms with E-state index < -0.39 is 12.1 Å². The topological polar surface area (TPSA) is 62.5 Å². The summed E-state index contributed by atoms with van der Waals surface area (Å²) in [7, 11) is 0. The molecule has 2 N–H and O–H groups in total. The largest absolute Gasteiger partial charge is 0.368 e. The second-order valence-corrected chi connectivity index (χ2v) is 4.81. The molecule has 3 heterocycles. The van der Waals surface area contributed by atoms with Crippen molar-refractivity contribution < 1.29 is 9.18 Å². The predicted molar refractivity (Wildman–Crippen MR) is 70.6 cm³/mol. The highest BCUT2D eigenvalue weighted by molar-refractivity contribution is 6.07. The van der Waals surface area contributed by atoms with Crippen molar-refractivity contribution in [3.05, 3.63) is 30.7 Å². The molecule has 19 heavy (non-hydrogen) atoms. The first-order valence-electron chi connectivity index (χ1n) is 6.22. The predicted octanol–water partition coefficient (Wildman–Crippen LogP) is 1.12. The summed E-state index contributed by atoms with van der Waals surface area (Å²) in [5, 5.41) is 0. The van der Waals surface area contributed by atoms with Gasteiger partial charge in [-0.05, 0) is 12.5 Å². The van der Waals surface area contributed by atoms with Crippen molar-refractivity contribution in [2.75, 3.05) is 22.9 Å². The highest BCUT2D eigenvalue weighted by Gasteiger charge is 2.40. The van der Waals surface area contributed by atoms with E-state index in [4.69, 9.17) is 5.73 Å². The number of carbonyl (C=O) groups is 1. The maximum Gasteiger partial charge on any atom is 0.272 e. The molecule has 100 valence electrons. The van der Waals surface area contributed by atoms with Gasteiger partial charge in [0.1, 0.15) is 5.69 Å². The van der Waals surface area contributed by atoms with Crippen LogP contribution in [0.25, 0.3) is 0 Å². The first-order valence-corrected chi connectivity index (χ1v) is 6.22. The molecule has 1 amide bonds. The van der Waals surface area contributed by atoms with Gasteiger partial charge in [0.2, 0.25) is 6.17 Å². The van der Waals surface area contributed by atoms with Crippen LogP contribution < -0.4 is 15.5 Å². The molecule has 1 saturated heterocycles. The van der Waals surface area contributed by atoms with Crippen molar-refractivity contribution in [1.82, 2.24) is 4.98 Å². The van der Waals surface area contributed by atoms with Gasteiger partial charge < -0.3 is 10.6 Å². The number of carbonyl (C=O) groups excluding carboxylic acids is 1. The van der Waals surface area contributed by atoms with E-state index in [1.165, 1.54) is 17.3 Å². The zero-order valence-electron chi connectivity index (χ0n) is 10.4. The summed E-state index contributed by atoms with van der Waals surface area (Å²) in [6, 6.07) is 1.90. The number of rotatable bonds is 2. The fourth-order valence-corrected chi connectivity index (χ4v) is 2.68. The molecule has 3 rings (SSSR count). The van der Waals surface area contributed by atoms with Crippen LogP contribution in [0.3, 0.4) is 0 Å². The molecule has 5 nitrogen and oxygen atoms in total. The molecule has 1 fully saturated rings. The normalized spacial score (nSPS) is 25.9. The summed E-state index contributed by atoms with van der Waals surface area (Å²) in [6.07, 6.45) is 2.05. The SMILES string of the molecule is C=CN1C(=O)C(F)c2nccc(N3CCC(N)C3)c21. The van der Waals surface area contributed by atoms with Gasteiger partial charge in [0.25, 0.3) is 5.91 Å². The third-order valence-electron chi connectivity index (χ3n) is 3.61. The molecule has 2 aliphatic rings. The lowest BCUT2D eigenvalue weighted by Crippen LogP contribution is -2.28. The highest BCUT2D eigenvalue weighted by atomic mass is 19.1. The number of anilines is 2. The van der Waals surface area contributed by atoms with Gasteiger partial charge in [0.05, 0.1) is 11.4 Å². The molecule has 0 aromatic carbocycles. The van der Waals surface area contributed by atoms with Crippen molar-refractivity contribution in [3.8, 4) is 0 Å². The van der Waals surface area contributed by atoms with Gasteiger partial charge in [0, 0.05) is 31.5 Å². The van der Waals surface area contributed by atoms with Crippen LogP contribution in [0.4, 0.5) is 15.8 Å². The van der Waals surface area contributed by atoms with Crippen LogP contribution in [0, 0.1) is 0 Å². The summed E-state index contributed by atoms with van der Waals surface area (Å²) in [5.74, 6) is -0.631. The third-order valence-corrected chi connectivity index (χ3v) is 3.61. The van der Waals surface area contributed by atoms with Gasteiger partial charge in [-0.15, -0.1) is 0 Å². The smallest absolute Gasteiger partial charge is 0.272 e. The van der Waals surface area contributed by atoms with E-state index in [0.717, 1.165) is 18.7 Å². The summed E-state index contributed by atoms with van der Waals surface area (Å²) >= 11 is 0. The van der Waals surface area contributed by atoms with Crippen LogP contribution >= 0.6 is 0 Å². The van der Waals surface area contributed by atoms with E-state index in [0.29, 0.717) is 12.2 Å². The Hall–Kier alpha value is -1.95. The average Bonchev–Trinajstić information content (AvgIpc) is 2.94. The van der Waals surface area contributed by atoms with Crippen molar-refractivity contribution in [2.24, 2.45) is 5.73 Å². The Bertz CT molecular complexity index is 547. The molecule has 2 unspecified atom stereocenters. The quantitative estimate of drug-likeness (QED) is 0.867. The number of amides is 1. The number of aromatic nitrogens is 1. The van der Waals surface area contributed by atoms with E-state index in [1.807, 2.05) is 0 Å². The van der Waals surface area contributed by atoms with Crippen LogP contribution in [0.5, 0.6) is 0 Å². The molecule has 1 aromatic heterocycles. The van der Waals surface area contributed by atoms with Crippen LogP contribution in [0.1, 0.15) is 18.3 Å². The number of halogens is 1. The van der Waals surface area contributed by atoms with E-state index >= 15 is 0 Å². The number of hydrogen-bond acceptors (Lipinski definition) is 4. The van der Waals surface area contributed by atoms with Crippen LogP contribution in [-0.2, 0) is 4.79 Å². The summed E-state index contributed by atoms with van der Waals surface area (Å²) < 4.78 is 13.9. The van der Waals surface area contributed by atoms with Crippen LogP contribution in [0.15, 0.2) is 25.0 Å². The minimum absolute atomic E-state index is 0.110. The Labute approximate surface area is 110 Å². The second-order valence-electron chi connectivity index (χ2n) is 4.81. The lowest BCUT2D eigenvalue weighted by Gasteiger charge is -2.23. The summed E-state index contributed by atoms with van der Waals surface area (Å²) in [5.41, 5.74) is 7.37. The van der Waals surface area contributed by atoms with Crippen molar-refractivity contribution in [3.63, 3.8) is 0 Å². The van der Waals surface area contributed by atoms with Crippen molar-refractivity contribution in [2.45, 2.75) is 18.6 Å². The fourth-order valence-electron chi connectivity index (χ4n) is 2.68. The molecule has 0 aliphatic carbocycles. The van der Waals surface area contributed by atoms with Crippen molar-refractivity contribution in [1.29, 1.82) is 0 Å². The minimum Gasteiger partial charge on any atom is -0.368 e. The number of hydrogen-bond donors (Lipinski definition) is 1. The fraction of sp³-hybridized carbons (Fsp3) is 0.385. The molecule has 0 radical (unpaired) electrons.